The second-order valence-electron chi connectivity index (χ2n) is 3.43. The van der Waals surface area contributed by atoms with Crippen LogP contribution in [0.1, 0.15) is 5.56 Å². The van der Waals surface area contributed by atoms with Crippen LogP contribution in [0, 0.1) is 6.92 Å². The Morgan fingerprint density at radius 2 is 2.06 bits per heavy atom. The van der Waals surface area contributed by atoms with Gasteiger partial charge in [0.05, 0.1) is 4.90 Å². The van der Waals surface area contributed by atoms with Gasteiger partial charge in [-0.15, -0.1) is 11.6 Å². The molecule has 16 heavy (non-hydrogen) atoms. The maximum atomic E-state index is 11.3. The maximum absolute atomic E-state index is 11.3. The standard InChI is InChI=1S/C10H12ClNO3S/c1-7-3-4-8(16(2,14)15)5-9(7)12-10(13)6-11/h3-5H,6H2,1-2H3,(H,12,13). The number of halogens is 1. The predicted octanol–water partition coefficient (Wildman–Crippen LogP) is 1.58. The summed E-state index contributed by atoms with van der Waals surface area (Å²) in [6.07, 6.45) is 1.12. The number of nitrogens with one attached hydrogen (secondary N) is 1. The van der Waals surface area contributed by atoms with E-state index in [9.17, 15) is 13.2 Å². The minimum absolute atomic E-state index is 0.164. The first-order chi connectivity index (χ1) is 7.34. The van der Waals surface area contributed by atoms with Crippen LogP contribution in [0.25, 0.3) is 0 Å². The Bertz CT molecular complexity index is 511. The van der Waals surface area contributed by atoms with E-state index in [1.54, 1.807) is 13.0 Å². The predicted molar refractivity (Wildman–Crippen MR) is 63.6 cm³/mol. The van der Waals surface area contributed by atoms with Gasteiger partial charge >= 0.3 is 0 Å². The molecule has 0 aliphatic heterocycles. The molecule has 1 rings (SSSR count). The van der Waals surface area contributed by atoms with Crippen molar-refractivity contribution in [3.8, 4) is 0 Å². The lowest BCUT2D eigenvalue weighted by Crippen LogP contribution is -2.14. The molecule has 6 heteroatoms. The van der Waals surface area contributed by atoms with Gasteiger partial charge in [-0.1, -0.05) is 6.07 Å². The van der Waals surface area contributed by atoms with E-state index >= 15 is 0 Å². The number of aryl methyl sites for hydroxylation is 1. The fraction of sp³-hybridized carbons (Fsp3) is 0.300. The topological polar surface area (TPSA) is 63.2 Å². The van der Waals surface area contributed by atoms with Gasteiger partial charge in [-0.25, -0.2) is 8.42 Å². The van der Waals surface area contributed by atoms with E-state index in [1.165, 1.54) is 12.1 Å². The number of hydrogen-bond acceptors (Lipinski definition) is 3. The molecule has 0 aliphatic carbocycles. The average molecular weight is 262 g/mol. The summed E-state index contributed by atoms with van der Waals surface area (Å²) in [5.74, 6) is -0.529. The van der Waals surface area contributed by atoms with Gasteiger partial charge in [-0.05, 0) is 24.6 Å². The highest BCUT2D eigenvalue weighted by Gasteiger charge is 2.10. The Kier molecular flexibility index (Phi) is 3.93. The second kappa shape index (κ2) is 4.84. The molecule has 0 radical (unpaired) electrons. The maximum Gasteiger partial charge on any atom is 0.239 e. The molecule has 0 unspecified atom stereocenters. The Balaban J connectivity index is 3.14. The van der Waals surface area contributed by atoms with E-state index in [0.29, 0.717) is 5.69 Å². The number of hydrogen-bond donors (Lipinski definition) is 1. The zero-order valence-corrected chi connectivity index (χ0v) is 10.5. The molecule has 0 saturated heterocycles. The molecule has 1 amide bonds. The molecular weight excluding hydrogens is 250 g/mol. The van der Waals surface area contributed by atoms with Crippen molar-refractivity contribution in [2.45, 2.75) is 11.8 Å². The van der Waals surface area contributed by atoms with Crippen LogP contribution in [0.15, 0.2) is 23.1 Å². The van der Waals surface area contributed by atoms with Gasteiger partial charge in [0.15, 0.2) is 9.84 Å². The molecule has 0 heterocycles. The zero-order valence-electron chi connectivity index (χ0n) is 8.95. The van der Waals surface area contributed by atoms with Gasteiger partial charge in [0.25, 0.3) is 0 Å². The Morgan fingerprint density at radius 1 is 1.44 bits per heavy atom. The summed E-state index contributed by atoms with van der Waals surface area (Å²) in [7, 11) is -3.27. The third kappa shape index (κ3) is 3.21. The van der Waals surface area contributed by atoms with Crippen LogP contribution in [-0.4, -0.2) is 26.5 Å². The molecule has 1 aromatic rings. The molecule has 4 nitrogen and oxygen atoms in total. The van der Waals surface area contributed by atoms with Crippen LogP contribution in [0.5, 0.6) is 0 Å². The van der Waals surface area contributed by atoms with Crippen LogP contribution in [0.2, 0.25) is 0 Å². The van der Waals surface area contributed by atoms with E-state index in [-0.39, 0.29) is 16.7 Å². The molecule has 1 aromatic carbocycles. The van der Waals surface area contributed by atoms with Crippen LogP contribution >= 0.6 is 11.6 Å². The summed E-state index contributed by atoms with van der Waals surface area (Å²) < 4.78 is 22.6. The average Bonchev–Trinajstić information content (AvgIpc) is 2.19. The van der Waals surface area contributed by atoms with Crippen LogP contribution in [-0.2, 0) is 14.6 Å². The minimum Gasteiger partial charge on any atom is -0.325 e. The second-order valence-corrected chi connectivity index (χ2v) is 5.71. The lowest BCUT2D eigenvalue weighted by molar-refractivity contribution is -0.113. The third-order valence-corrected chi connectivity index (χ3v) is 3.39. The summed E-state index contributed by atoms with van der Waals surface area (Å²) in [4.78, 5) is 11.3. The van der Waals surface area contributed by atoms with Gasteiger partial charge in [0.1, 0.15) is 5.88 Å². The number of benzene rings is 1. The molecule has 0 fully saturated rings. The highest BCUT2D eigenvalue weighted by molar-refractivity contribution is 7.90. The minimum atomic E-state index is -3.27. The van der Waals surface area contributed by atoms with Gasteiger partial charge in [-0.3, -0.25) is 4.79 Å². The van der Waals surface area contributed by atoms with E-state index in [0.717, 1.165) is 11.8 Å². The summed E-state index contributed by atoms with van der Waals surface area (Å²) >= 11 is 5.35. The first kappa shape index (κ1) is 13.0. The van der Waals surface area contributed by atoms with E-state index in [2.05, 4.69) is 5.32 Å². The third-order valence-electron chi connectivity index (χ3n) is 2.03. The molecule has 0 bridgehead atoms. The number of carbonyl (C=O) groups excluding carboxylic acids is 1. The lowest BCUT2D eigenvalue weighted by Gasteiger charge is -2.08. The highest BCUT2D eigenvalue weighted by Crippen LogP contribution is 2.20. The molecule has 0 aliphatic rings. The van der Waals surface area contributed by atoms with Crippen molar-refractivity contribution in [1.29, 1.82) is 0 Å². The van der Waals surface area contributed by atoms with E-state index < -0.39 is 9.84 Å². The van der Waals surface area contributed by atoms with Crippen molar-refractivity contribution in [2.75, 3.05) is 17.5 Å². The quantitative estimate of drug-likeness (QED) is 0.840. The lowest BCUT2D eigenvalue weighted by atomic mass is 10.2. The van der Waals surface area contributed by atoms with Crippen molar-refractivity contribution in [3.63, 3.8) is 0 Å². The molecule has 0 spiro atoms. The monoisotopic (exact) mass is 261 g/mol. The van der Waals surface area contributed by atoms with Gasteiger partial charge < -0.3 is 5.32 Å². The van der Waals surface area contributed by atoms with Crippen molar-refractivity contribution >= 4 is 33.0 Å². The van der Waals surface area contributed by atoms with Crippen molar-refractivity contribution < 1.29 is 13.2 Å². The largest absolute Gasteiger partial charge is 0.325 e. The van der Waals surface area contributed by atoms with Gasteiger partial charge in [0, 0.05) is 11.9 Å². The van der Waals surface area contributed by atoms with Gasteiger partial charge in [-0.2, -0.15) is 0 Å². The molecule has 88 valence electrons. The molecule has 0 atom stereocenters. The van der Waals surface area contributed by atoms with Crippen LogP contribution in [0.4, 0.5) is 5.69 Å². The molecular formula is C10H12ClNO3S. The Labute approximate surface area is 99.5 Å². The van der Waals surface area contributed by atoms with E-state index in [1.807, 2.05) is 0 Å². The summed E-state index contributed by atoms with van der Waals surface area (Å²) in [6.45, 7) is 1.77. The first-order valence-corrected chi connectivity index (χ1v) is 6.93. The number of alkyl halides is 1. The van der Waals surface area contributed by atoms with Crippen molar-refractivity contribution in [2.24, 2.45) is 0 Å². The highest BCUT2D eigenvalue weighted by atomic mass is 35.5. The van der Waals surface area contributed by atoms with Gasteiger partial charge in [0.2, 0.25) is 5.91 Å². The number of carbonyl (C=O) groups is 1. The fourth-order valence-electron chi connectivity index (χ4n) is 1.15. The molecule has 0 saturated carbocycles. The summed E-state index contributed by atoms with van der Waals surface area (Å²) in [5, 5.41) is 2.54. The van der Waals surface area contributed by atoms with Crippen LogP contribution in [0.3, 0.4) is 0 Å². The fourth-order valence-corrected chi connectivity index (χ4v) is 1.86. The van der Waals surface area contributed by atoms with E-state index in [4.69, 9.17) is 11.6 Å². The van der Waals surface area contributed by atoms with Crippen molar-refractivity contribution in [3.05, 3.63) is 23.8 Å². The molecule has 1 N–H and O–H groups in total. The Hall–Kier alpha value is -1.07. The number of anilines is 1. The first-order valence-electron chi connectivity index (χ1n) is 4.51. The number of rotatable bonds is 3. The number of amides is 1. The van der Waals surface area contributed by atoms with Crippen LogP contribution < -0.4 is 5.32 Å². The summed E-state index contributed by atoms with van der Waals surface area (Å²) in [5.41, 5.74) is 1.25. The Morgan fingerprint density at radius 3 is 2.56 bits per heavy atom. The SMILES string of the molecule is Cc1ccc(S(C)(=O)=O)cc1NC(=O)CCl. The summed E-state index contributed by atoms with van der Waals surface area (Å²) in [6, 6.07) is 4.57. The smallest absolute Gasteiger partial charge is 0.239 e. The number of sulfone groups is 1. The van der Waals surface area contributed by atoms with Crippen molar-refractivity contribution in [1.82, 2.24) is 0 Å². The zero-order chi connectivity index (χ0) is 12.3. The normalized spacial score (nSPS) is 11.2. The molecule has 0 aromatic heterocycles.